The summed E-state index contributed by atoms with van der Waals surface area (Å²) in [6.07, 6.45) is 2.62. The highest BCUT2D eigenvalue weighted by atomic mass is 16.5. The second-order valence-electron chi connectivity index (χ2n) is 8.29. The Kier molecular flexibility index (Phi) is 6.58. The molecular weight excluding hydrogens is 422 g/mol. The molecule has 1 atom stereocenters. The number of benzene rings is 3. The van der Waals surface area contributed by atoms with Gasteiger partial charge in [-0.1, -0.05) is 19.4 Å². The summed E-state index contributed by atoms with van der Waals surface area (Å²) >= 11 is 0. The monoisotopic (exact) mass is 451 g/mol. The standard InChI is InChI=1S/C26H29NO6/c1-4-5-10-33-18-7-6-16-11-17(15-27-22(26(29)30)8-9-25(27)28)20-13-23(31-2)24(32-3)14-21(20)19(16)12-18/h6-7,11-14,22H,4-5,8-10,15H2,1-3H3,(H,29,30). The number of hydrogen-bond acceptors (Lipinski definition) is 5. The number of fused-ring (bicyclic) bond motifs is 3. The van der Waals surface area contributed by atoms with Gasteiger partial charge in [-0.2, -0.15) is 0 Å². The topological polar surface area (TPSA) is 85.3 Å². The van der Waals surface area contributed by atoms with Crippen molar-refractivity contribution in [1.29, 1.82) is 0 Å². The molecule has 174 valence electrons. The van der Waals surface area contributed by atoms with E-state index in [1.807, 2.05) is 36.4 Å². The number of carboxylic acids is 1. The highest BCUT2D eigenvalue weighted by molar-refractivity contribution is 6.10. The zero-order valence-corrected chi connectivity index (χ0v) is 19.2. The van der Waals surface area contributed by atoms with Crippen molar-refractivity contribution in [2.45, 2.75) is 45.2 Å². The highest BCUT2D eigenvalue weighted by Gasteiger charge is 2.36. The molecule has 33 heavy (non-hydrogen) atoms. The van der Waals surface area contributed by atoms with Crippen LogP contribution in [0.1, 0.15) is 38.2 Å². The van der Waals surface area contributed by atoms with Crippen LogP contribution in [0.2, 0.25) is 0 Å². The lowest BCUT2D eigenvalue weighted by Crippen LogP contribution is -2.37. The van der Waals surface area contributed by atoms with E-state index in [2.05, 4.69) is 6.92 Å². The SMILES string of the molecule is CCCCOc1ccc2cc(CN3C(=O)CCC3C(=O)O)c3cc(OC)c(OC)cc3c2c1. The van der Waals surface area contributed by atoms with Gasteiger partial charge in [0.25, 0.3) is 0 Å². The summed E-state index contributed by atoms with van der Waals surface area (Å²) < 4.78 is 17.0. The van der Waals surface area contributed by atoms with Crippen LogP contribution in [0.25, 0.3) is 21.5 Å². The van der Waals surface area contributed by atoms with Crippen LogP contribution in [-0.2, 0) is 16.1 Å². The molecule has 3 aromatic rings. The first kappa shape index (κ1) is 22.7. The smallest absolute Gasteiger partial charge is 0.326 e. The predicted molar refractivity (Wildman–Crippen MR) is 126 cm³/mol. The van der Waals surface area contributed by atoms with Gasteiger partial charge in [0.1, 0.15) is 11.8 Å². The normalized spacial score (nSPS) is 15.9. The van der Waals surface area contributed by atoms with Gasteiger partial charge in [-0.05, 0) is 70.3 Å². The van der Waals surface area contributed by atoms with E-state index in [1.54, 1.807) is 14.2 Å². The highest BCUT2D eigenvalue weighted by Crippen LogP contribution is 2.39. The Bertz CT molecular complexity index is 1200. The summed E-state index contributed by atoms with van der Waals surface area (Å²) in [7, 11) is 3.17. The minimum Gasteiger partial charge on any atom is -0.494 e. The molecule has 3 aromatic carbocycles. The lowest BCUT2D eigenvalue weighted by molar-refractivity contribution is -0.146. The molecule has 1 heterocycles. The lowest BCUT2D eigenvalue weighted by atomic mass is 9.96. The number of unbranched alkanes of at least 4 members (excludes halogenated alkanes) is 1. The van der Waals surface area contributed by atoms with Crippen molar-refractivity contribution in [3.63, 3.8) is 0 Å². The van der Waals surface area contributed by atoms with Crippen molar-refractivity contribution >= 4 is 33.4 Å². The molecule has 1 aliphatic rings. The van der Waals surface area contributed by atoms with Gasteiger partial charge >= 0.3 is 5.97 Å². The zero-order valence-electron chi connectivity index (χ0n) is 19.2. The molecule has 4 rings (SSSR count). The fourth-order valence-corrected chi connectivity index (χ4v) is 4.45. The third-order valence-corrected chi connectivity index (χ3v) is 6.23. The maximum Gasteiger partial charge on any atom is 0.326 e. The van der Waals surface area contributed by atoms with Crippen LogP contribution in [-0.4, -0.2) is 48.8 Å². The van der Waals surface area contributed by atoms with E-state index in [0.717, 1.165) is 45.7 Å². The Morgan fingerprint density at radius 2 is 1.79 bits per heavy atom. The predicted octanol–water partition coefficient (Wildman–Crippen LogP) is 4.76. The zero-order chi connectivity index (χ0) is 23.5. The number of hydrogen-bond donors (Lipinski definition) is 1. The average Bonchev–Trinajstić information content (AvgIpc) is 3.18. The second-order valence-corrected chi connectivity index (χ2v) is 8.29. The van der Waals surface area contributed by atoms with Crippen LogP contribution < -0.4 is 14.2 Å². The molecule has 1 saturated heterocycles. The van der Waals surface area contributed by atoms with E-state index >= 15 is 0 Å². The van der Waals surface area contributed by atoms with Gasteiger partial charge in [-0.15, -0.1) is 0 Å². The molecule has 0 spiro atoms. The number of carbonyl (C=O) groups excluding carboxylic acids is 1. The first-order chi connectivity index (χ1) is 16.0. The Morgan fingerprint density at radius 3 is 2.45 bits per heavy atom. The van der Waals surface area contributed by atoms with Crippen LogP contribution in [0.4, 0.5) is 0 Å². The molecule has 7 nitrogen and oxygen atoms in total. The van der Waals surface area contributed by atoms with Gasteiger partial charge in [0, 0.05) is 13.0 Å². The number of carbonyl (C=O) groups is 2. The van der Waals surface area contributed by atoms with Crippen LogP contribution in [0.3, 0.4) is 0 Å². The second kappa shape index (κ2) is 9.57. The number of amides is 1. The molecule has 1 amide bonds. The van der Waals surface area contributed by atoms with Crippen molar-refractivity contribution in [3.8, 4) is 17.2 Å². The van der Waals surface area contributed by atoms with Crippen LogP contribution in [0.5, 0.6) is 17.2 Å². The summed E-state index contributed by atoms with van der Waals surface area (Å²) in [6.45, 7) is 2.99. The third kappa shape index (κ3) is 4.40. The molecule has 1 N–H and O–H groups in total. The van der Waals surface area contributed by atoms with E-state index in [9.17, 15) is 14.7 Å². The Morgan fingerprint density at radius 1 is 1.06 bits per heavy atom. The lowest BCUT2D eigenvalue weighted by Gasteiger charge is -2.23. The van der Waals surface area contributed by atoms with Gasteiger partial charge in [-0.3, -0.25) is 4.79 Å². The fourth-order valence-electron chi connectivity index (χ4n) is 4.45. The summed E-state index contributed by atoms with van der Waals surface area (Å²) in [5.41, 5.74) is 0.861. The van der Waals surface area contributed by atoms with Crippen LogP contribution in [0.15, 0.2) is 36.4 Å². The first-order valence-corrected chi connectivity index (χ1v) is 11.2. The van der Waals surface area contributed by atoms with E-state index < -0.39 is 12.0 Å². The van der Waals surface area contributed by atoms with Gasteiger partial charge in [0.05, 0.1) is 20.8 Å². The van der Waals surface area contributed by atoms with E-state index in [-0.39, 0.29) is 18.9 Å². The Labute approximate surface area is 192 Å². The van der Waals surface area contributed by atoms with Crippen molar-refractivity contribution in [1.82, 2.24) is 4.90 Å². The van der Waals surface area contributed by atoms with Crippen molar-refractivity contribution in [2.75, 3.05) is 20.8 Å². The molecule has 1 fully saturated rings. The maximum atomic E-state index is 12.5. The largest absolute Gasteiger partial charge is 0.494 e. The Balaban J connectivity index is 1.87. The van der Waals surface area contributed by atoms with Gasteiger partial charge in [0.15, 0.2) is 11.5 Å². The average molecular weight is 452 g/mol. The van der Waals surface area contributed by atoms with Crippen molar-refractivity contribution in [3.05, 3.63) is 42.0 Å². The number of carboxylic acid groups (broad SMARTS) is 1. The minimum atomic E-state index is -0.973. The van der Waals surface area contributed by atoms with E-state index in [1.165, 1.54) is 4.90 Å². The van der Waals surface area contributed by atoms with Crippen molar-refractivity contribution in [2.24, 2.45) is 0 Å². The minimum absolute atomic E-state index is 0.143. The maximum absolute atomic E-state index is 12.5. The summed E-state index contributed by atoms with van der Waals surface area (Å²) in [5.74, 6) is 0.847. The number of rotatable bonds is 9. The summed E-state index contributed by atoms with van der Waals surface area (Å²) in [6, 6.07) is 11.0. The van der Waals surface area contributed by atoms with Crippen LogP contribution in [0, 0.1) is 0 Å². The van der Waals surface area contributed by atoms with Crippen LogP contribution >= 0.6 is 0 Å². The molecule has 0 aromatic heterocycles. The number of methoxy groups -OCH3 is 2. The number of nitrogens with zero attached hydrogens (tertiary/aromatic N) is 1. The summed E-state index contributed by atoms with van der Waals surface area (Å²) in [5, 5.41) is 13.4. The summed E-state index contributed by atoms with van der Waals surface area (Å²) in [4.78, 5) is 25.7. The molecular formula is C26H29NO6. The molecule has 0 radical (unpaired) electrons. The molecule has 1 unspecified atom stereocenters. The first-order valence-electron chi connectivity index (χ1n) is 11.2. The molecule has 0 bridgehead atoms. The molecule has 1 aliphatic heterocycles. The number of aliphatic carboxylic acids is 1. The van der Waals surface area contributed by atoms with Gasteiger partial charge in [0.2, 0.25) is 5.91 Å². The molecule has 0 saturated carbocycles. The van der Waals surface area contributed by atoms with Gasteiger partial charge < -0.3 is 24.2 Å². The quantitative estimate of drug-likeness (QED) is 0.373. The van der Waals surface area contributed by atoms with Gasteiger partial charge in [-0.25, -0.2) is 4.79 Å². The Hall–Kier alpha value is -3.48. The number of ether oxygens (including phenoxy) is 3. The third-order valence-electron chi connectivity index (χ3n) is 6.23. The fraction of sp³-hybridized carbons (Fsp3) is 0.385. The van der Waals surface area contributed by atoms with E-state index in [0.29, 0.717) is 24.5 Å². The number of likely N-dealkylation sites (tertiary alicyclic amines) is 1. The van der Waals surface area contributed by atoms with Crippen molar-refractivity contribution < 1.29 is 28.9 Å². The molecule has 7 heteroatoms. The molecule has 0 aliphatic carbocycles. The van der Waals surface area contributed by atoms with E-state index in [4.69, 9.17) is 14.2 Å².